The molecule has 5 rings (SSSR count). The van der Waals surface area contributed by atoms with E-state index in [-0.39, 0.29) is 28.5 Å². The number of nitrogens with zero attached hydrogens (tertiary/aromatic N) is 6. The van der Waals surface area contributed by atoms with Crippen molar-refractivity contribution in [2.75, 3.05) is 37.9 Å². The number of aromatic nitrogens is 3. The Balaban J connectivity index is 1.62. The van der Waals surface area contributed by atoms with Crippen molar-refractivity contribution in [2.45, 2.75) is 12.5 Å². The molecule has 4 aromatic rings. The smallest absolute Gasteiger partial charge is 0.320 e. The second-order valence-corrected chi connectivity index (χ2v) is 9.45. The van der Waals surface area contributed by atoms with Crippen LogP contribution in [0.25, 0.3) is 32.4 Å². The van der Waals surface area contributed by atoms with E-state index in [0.29, 0.717) is 51.3 Å². The maximum absolute atomic E-state index is 14.5. The van der Waals surface area contributed by atoms with Gasteiger partial charge in [-0.05, 0) is 36.8 Å². The number of likely N-dealkylation sites (N-methyl/N-ethyl adjacent to an activating group) is 1. The average molecular weight is 504 g/mol. The number of amides is 1. The minimum atomic E-state index is -0.443. The summed E-state index contributed by atoms with van der Waals surface area (Å²) in [6.07, 6.45) is 2.10. The molecule has 1 unspecified atom stereocenters. The van der Waals surface area contributed by atoms with Crippen LogP contribution in [-0.2, 0) is 4.79 Å². The van der Waals surface area contributed by atoms with Gasteiger partial charge in [-0.2, -0.15) is 15.2 Å². The molecule has 0 bridgehead atoms. The van der Waals surface area contributed by atoms with Gasteiger partial charge in [0.1, 0.15) is 22.7 Å². The Hall–Kier alpha value is -4.30. The van der Waals surface area contributed by atoms with Crippen LogP contribution in [-0.4, -0.2) is 59.0 Å². The lowest BCUT2D eigenvalue weighted by atomic mass is 10.0. The minimum Gasteiger partial charge on any atom is -0.467 e. The molecule has 9 nitrogen and oxygen atoms in total. The van der Waals surface area contributed by atoms with Crippen molar-refractivity contribution >= 4 is 49.2 Å². The van der Waals surface area contributed by atoms with Crippen molar-refractivity contribution in [1.29, 1.82) is 5.26 Å². The molecule has 1 fully saturated rings. The fourth-order valence-electron chi connectivity index (χ4n) is 4.56. The molecule has 3 aromatic heterocycles. The molecule has 182 valence electrons. The maximum atomic E-state index is 14.5. The Bertz CT molecular complexity index is 1580. The number of nitrogens with two attached hydrogens (primary N) is 1. The van der Waals surface area contributed by atoms with Crippen molar-refractivity contribution < 1.29 is 13.9 Å². The fraction of sp³-hybridized carbons (Fsp3) is 0.240. The van der Waals surface area contributed by atoms with Gasteiger partial charge >= 0.3 is 6.01 Å². The lowest BCUT2D eigenvalue weighted by molar-refractivity contribution is -0.125. The first kappa shape index (κ1) is 23.4. The van der Waals surface area contributed by atoms with Crippen LogP contribution in [0, 0.1) is 17.1 Å². The molecular weight excluding hydrogens is 481 g/mol. The number of likely N-dealkylation sites (tertiary alicyclic amines) is 1. The molecule has 11 heteroatoms. The summed E-state index contributed by atoms with van der Waals surface area (Å²) in [6, 6.07) is 8.85. The van der Waals surface area contributed by atoms with Gasteiger partial charge in [0.15, 0.2) is 5.65 Å². The maximum Gasteiger partial charge on any atom is 0.320 e. The number of methoxy groups -OCH3 is 1. The van der Waals surface area contributed by atoms with Crippen LogP contribution in [0.4, 0.5) is 15.2 Å². The van der Waals surface area contributed by atoms with Crippen molar-refractivity contribution in [3.8, 4) is 23.3 Å². The molecule has 2 N–H and O–H groups in total. The number of ether oxygens (including phenoxy) is 1. The first-order valence-corrected chi connectivity index (χ1v) is 12.0. The van der Waals surface area contributed by atoms with Gasteiger partial charge in [-0.15, -0.1) is 11.3 Å². The Kier molecular flexibility index (Phi) is 5.89. The summed E-state index contributed by atoms with van der Waals surface area (Å²) in [5.74, 6) is 0.0792. The second-order valence-electron chi connectivity index (χ2n) is 8.40. The van der Waals surface area contributed by atoms with E-state index in [4.69, 9.17) is 15.5 Å². The SMILES string of the molecule is C=CC(=O)N1CCC(N(C)c2nc(OC)nc3nc(-c4ccc(F)c5sc(N)c(C#N)c45)ccc23)C1. The lowest BCUT2D eigenvalue weighted by Crippen LogP contribution is -2.36. The number of hydrogen-bond donors (Lipinski definition) is 1. The van der Waals surface area contributed by atoms with E-state index in [1.165, 1.54) is 19.3 Å². The van der Waals surface area contributed by atoms with Gasteiger partial charge in [-0.25, -0.2) is 9.37 Å². The summed E-state index contributed by atoms with van der Waals surface area (Å²) in [6.45, 7) is 4.75. The summed E-state index contributed by atoms with van der Waals surface area (Å²) in [5.41, 5.74) is 7.71. The van der Waals surface area contributed by atoms with Crippen molar-refractivity contribution in [2.24, 2.45) is 0 Å². The van der Waals surface area contributed by atoms with Gasteiger partial charge < -0.3 is 20.3 Å². The number of halogens is 1. The van der Waals surface area contributed by atoms with Crippen molar-refractivity contribution in [3.05, 3.63) is 48.3 Å². The first-order valence-electron chi connectivity index (χ1n) is 11.1. The van der Waals surface area contributed by atoms with Crippen LogP contribution in [0.1, 0.15) is 12.0 Å². The number of pyridine rings is 1. The number of carbonyl (C=O) groups is 1. The van der Waals surface area contributed by atoms with E-state index in [1.54, 1.807) is 17.0 Å². The van der Waals surface area contributed by atoms with E-state index >= 15 is 0 Å². The monoisotopic (exact) mass is 503 g/mol. The number of thiophene rings is 1. The Morgan fingerprint density at radius 3 is 2.89 bits per heavy atom. The number of fused-ring (bicyclic) bond motifs is 2. The zero-order chi connectivity index (χ0) is 25.6. The van der Waals surface area contributed by atoms with Crippen molar-refractivity contribution in [3.63, 3.8) is 0 Å². The summed E-state index contributed by atoms with van der Waals surface area (Å²) in [4.78, 5) is 29.6. The predicted octanol–water partition coefficient (Wildman–Crippen LogP) is 3.73. The third kappa shape index (κ3) is 3.76. The molecule has 4 heterocycles. The highest BCUT2D eigenvalue weighted by Gasteiger charge is 2.30. The summed E-state index contributed by atoms with van der Waals surface area (Å²) in [7, 11) is 3.39. The minimum absolute atomic E-state index is 0.0417. The van der Waals surface area contributed by atoms with Crippen LogP contribution in [0.2, 0.25) is 0 Å². The van der Waals surface area contributed by atoms with E-state index in [9.17, 15) is 14.4 Å². The number of carbonyl (C=O) groups excluding carboxylic acids is 1. The Morgan fingerprint density at radius 2 is 2.17 bits per heavy atom. The molecule has 0 saturated carbocycles. The van der Waals surface area contributed by atoms with Gasteiger partial charge in [0, 0.05) is 37.1 Å². The highest BCUT2D eigenvalue weighted by Crippen LogP contribution is 2.41. The standard InChI is InChI=1S/C25H22FN7O2S/c1-4-19(34)33-10-9-13(12-33)32(2)24-15-6-8-18(29-23(15)30-25(31-24)35-3)14-5-7-17(26)21-20(14)16(11-27)22(28)36-21/h4-8,13H,1,9-10,12,28H2,2-3H3. The van der Waals surface area contributed by atoms with Crippen LogP contribution < -0.4 is 15.4 Å². The zero-order valence-electron chi connectivity index (χ0n) is 19.7. The topological polar surface area (TPSA) is 121 Å². The third-order valence-corrected chi connectivity index (χ3v) is 7.47. The Morgan fingerprint density at radius 1 is 1.36 bits per heavy atom. The largest absolute Gasteiger partial charge is 0.467 e. The molecule has 1 aliphatic rings. The molecule has 36 heavy (non-hydrogen) atoms. The van der Waals surface area contributed by atoms with Gasteiger partial charge in [0.2, 0.25) is 5.91 Å². The number of hydrogen-bond acceptors (Lipinski definition) is 9. The average Bonchev–Trinajstić information content (AvgIpc) is 3.52. The molecule has 0 spiro atoms. The van der Waals surface area contributed by atoms with Gasteiger partial charge in [-0.1, -0.05) is 6.58 Å². The summed E-state index contributed by atoms with van der Waals surface area (Å²) < 4.78 is 20.2. The van der Waals surface area contributed by atoms with Crippen LogP contribution >= 0.6 is 11.3 Å². The van der Waals surface area contributed by atoms with Crippen LogP contribution in [0.15, 0.2) is 36.9 Å². The zero-order valence-corrected chi connectivity index (χ0v) is 20.5. The third-order valence-electron chi connectivity index (χ3n) is 6.44. The van der Waals surface area contributed by atoms with E-state index in [2.05, 4.69) is 22.6 Å². The number of anilines is 2. The number of nitrogen functional groups attached to an aromatic ring is 1. The molecular formula is C25H22FN7O2S. The Labute approximate surface area is 210 Å². The molecule has 1 aromatic carbocycles. The number of rotatable bonds is 5. The van der Waals surface area contributed by atoms with E-state index in [0.717, 1.165) is 17.8 Å². The second kappa shape index (κ2) is 9.05. The molecule has 1 aliphatic heterocycles. The molecule has 0 aliphatic carbocycles. The molecule has 1 atom stereocenters. The van der Waals surface area contributed by atoms with Crippen molar-refractivity contribution in [1.82, 2.24) is 19.9 Å². The summed E-state index contributed by atoms with van der Waals surface area (Å²) in [5, 5.41) is 11.0. The van der Waals surface area contributed by atoms with Gasteiger partial charge in [-0.3, -0.25) is 4.79 Å². The van der Waals surface area contributed by atoms with Gasteiger partial charge in [0.25, 0.3) is 0 Å². The molecule has 1 amide bonds. The fourth-order valence-corrected chi connectivity index (χ4v) is 5.51. The lowest BCUT2D eigenvalue weighted by Gasteiger charge is -2.26. The highest BCUT2D eigenvalue weighted by atomic mass is 32.1. The normalized spacial score (nSPS) is 15.3. The van der Waals surface area contributed by atoms with E-state index in [1.807, 2.05) is 18.0 Å². The number of nitriles is 1. The quantitative estimate of drug-likeness (QED) is 0.409. The predicted molar refractivity (Wildman–Crippen MR) is 137 cm³/mol. The van der Waals surface area contributed by atoms with Gasteiger partial charge in [0.05, 0.1) is 28.5 Å². The molecule has 1 saturated heterocycles. The van der Waals surface area contributed by atoms with Crippen LogP contribution in [0.5, 0.6) is 6.01 Å². The summed E-state index contributed by atoms with van der Waals surface area (Å²) >= 11 is 1.04. The highest BCUT2D eigenvalue weighted by molar-refractivity contribution is 7.23. The first-order chi connectivity index (χ1) is 17.4. The number of benzene rings is 1. The van der Waals surface area contributed by atoms with E-state index < -0.39 is 5.82 Å². The van der Waals surface area contributed by atoms with Crippen LogP contribution in [0.3, 0.4) is 0 Å². The molecule has 0 radical (unpaired) electrons.